The van der Waals surface area contributed by atoms with Crippen LogP contribution >= 0.6 is 0 Å². The van der Waals surface area contributed by atoms with Gasteiger partial charge in [-0.15, -0.1) is 0 Å². The van der Waals surface area contributed by atoms with Crippen molar-refractivity contribution in [2.75, 3.05) is 7.11 Å². The van der Waals surface area contributed by atoms with Crippen LogP contribution in [-0.2, 0) is 16.0 Å². The fourth-order valence-electron chi connectivity index (χ4n) is 3.76. The molecule has 0 spiro atoms. The molecule has 0 saturated carbocycles. The van der Waals surface area contributed by atoms with Crippen molar-refractivity contribution >= 4 is 5.97 Å². The van der Waals surface area contributed by atoms with E-state index in [1.54, 1.807) is 46.1 Å². The molecule has 140 valence electrons. The lowest BCUT2D eigenvalue weighted by atomic mass is 9.66. The molecule has 1 heterocycles. The molecule has 3 atom stereocenters. The summed E-state index contributed by atoms with van der Waals surface area (Å²) < 4.78 is 10.7. The number of benzene rings is 1. The first-order valence-corrected chi connectivity index (χ1v) is 8.61. The number of hydrogen-bond donors (Lipinski definition) is 3. The highest BCUT2D eigenvalue weighted by Crippen LogP contribution is 2.45. The summed E-state index contributed by atoms with van der Waals surface area (Å²) in [5.74, 6) is -1.48. The predicted molar refractivity (Wildman–Crippen MR) is 95.3 cm³/mol. The van der Waals surface area contributed by atoms with Gasteiger partial charge in [0.15, 0.2) is 0 Å². The van der Waals surface area contributed by atoms with Crippen molar-refractivity contribution in [3.8, 4) is 5.75 Å². The fourth-order valence-corrected chi connectivity index (χ4v) is 3.76. The van der Waals surface area contributed by atoms with E-state index in [1.165, 1.54) is 0 Å². The van der Waals surface area contributed by atoms with Gasteiger partial charge in [-0.05, 0) is 38.5 Å². The zero-order valence-electron chi connectivity index (χ0n) is 15.3. The third-order valence-corrected chi connectivity index (χ3v) is 4.80. The Kier molecular flexibility index (Phi) is 4.66. The van der Waals surface area contributed by atoms with E-state index in [4.69, 9.17) is 9.47 Å². The summed E-state index contributed by atoms with van der Waals surface area (Å²) in [4.78, 5) is 25.3. The maximum atomic E-state index is 12.9. The molecule has 26 heavy (non-hydrogen) atoms. The number of carbonyl (C=O) groups excluding carboxylic acids is 1. The van der Waals surface area contributed by atoms with Crippen molar-refractivity contribution in [3.05, 3.63) is 51.4 Å². The maximum absolute atomic E-state index is 12.9. The van der Waals surface area contributed by atoms with Crippen LogP contribution in [-0.4, -0.2) is 40.1 Å². The fraction of sp³-hybridized carbons (Fsp3) is 0.474. The number of ether oxygens (including phenoxy) is 2. The Morgan fingerprint density at radius 1 is 1.35 bits per heavy atom. The van der Waals surface area contributed by atoms with Crippen LogP contribution in [0.2, 0.25) is 0 Å². The molecular formula is C19H24N2O5. The van der Waals surface area contributed by atoms with Gasteiger partial charge >= 0.3 is 5.97 Å². The quantitative estimate of drug-likeness (QED) is 0.720. The number of aromatic nitrogens is 2. The van der Waals surface area contributed by atoms with Gasteiger partial charge in [0.05, 0.1) is 24.7 Å². The Bertz CT molecular complexity index is 865. The molecule has 0 radical (unpaired) electrons. The van der Waals surface area contributed by atoms with E-state index in [-0.39, 0.29) is 18.1 Å². The van der Waals surface area contributed by atoms with Gasteiger partial charge in [0.2, 0.25) is 0 Å². The van der Waals surface area contributed by atoms with Crippen LogP contribution in [0.15, 0.2) is 29.1 Å². The number of hydrogen-bond acceptors (Lipinski definition) is 5. The molecule has 1 aromatic carbocycles. The second-order valence-corrected chi connectivity index (χ2v) is 7.22. The Morgan fingerprint density at radius 2 is 2.08 bits per heavy atom. The molecule has 7 heteroatoms. The number of rotatable bonds is 4. The minimum absolute atomic E-state index is 0.152. The topological polar surface area (TPSA) is 104 Å². The molecule has 0 unspecified atom stereocenters. The third kappa shape index (κ3) is 3.14. The van der Waals surface area contributed by atoms with Crippen molar-refractivity contribution in [1.82, 2.24) is 10.2 Å². The molecule has 1 aliphatic carbocycles. The van der Waals surface area contributed by atoms with Crippen molar-refractivity contribution in [1.29, 1.82) is 0 Å². The number of H-pyrrole nitrogens is 2. The van der Waals surface area contributed by atoms with Gasteiger partial charge in [-0.3, -0.25) is 14.7 Å². The monoisotopic (exact) mass is 360 g/mol. The molecule has 1 aliphatic rings. The molecule has 0 saturated heterocycles. The minimum atomic E-state index is -1.38. The van der Waals surface area contributed by atoms with Crippen LogP contribution in [0.25, 0.3) is 0 Å². The van der Waals surface area contributed by atoms with E-state index < -0.39 is 23.4 Å². The third-order valence-electron chi connectivity index (χ3n) is 4.80. The van der Waals surface area contributed by atoms with Gasteiger partial charge in [-0.2, -0.15) is 0 Å². The van der Waals surface area contributed by atoms with Gasteiger partial charge in [-0.25, -0.2) is 0 Å². The summed E-state index contributed by atoms with van der Waals surface area (Å²) in [6.45, 7) is 5.11. The summed E-state index contributed by atoms with van der Waals surface area (Å²) in [5.41, 5.74) is 0.0849. The van der Waals surface area contributed by atoms with Crippen LogP contribution in [0.5, 0.6) is 5.75 Å². The van der Waals surface area contributed by atoms with Crippen LogP contribution in [0.3, 0.4) is 0 Å². The molecule has 0 aliphatic heterocycles. The maximum Gasteiger partial charge on any atom is 0.313 e. The normalized spacial score (nSPS) is 25.0. The number of methoxy groups -OCH3 is 1. The molecule has 0 bridgehead atoms. The van der Waals surface area contributed by atoms with Crippen LogP contribution < -0.4 is 10.3 Å². The van der Waals surface area contributed by atoms with E-state index >= 15 is 0 Å². The first kappa shape index (κ1) is 18.3. The smallest absolute Gasteiger partial charge is 0.313 e. The Morgan fingerprint density at radius 3 is 2.73 bits per heavy atom. The zero-order chi connectivity index (χ0) is 19.1. The summed E-state index contributed by atoms with van der Waals surface area (Å²) >= 11 is 0. The first-order valence-electron chi connectivity index (χ1n) is 8.61. The summed E-state index contributed by atoms with van der Waals surface area (Å²) in [6, 6.07) is 7.18. The number of aliphatic hydroxyl groups is 1. The second-order valence-electron chi connectivity index (χ2n) is 7.22. The lowest BCUT2D eigenvalue weighted by Crippen LogP contribution is -2.50. The molecule has 0 amide bonds. The van der Waals surface area contributed by atoms with Crippen molar-refractivity contribution in [2.24, 2.45) is 5.92 Å². The highest BCUT2D eigenvalue weighted by molar-refractivity contribution is 5.77. The molecule has 7 nitrogen and oxygen atoms in total. The number of aromatic amines is 2. The highest BCUT2D eigenvalue weighted by Gasteiger charge is 2.51. The second kappa shape index (κ2) is 6.64. The van der Waals surface area contributed by atoms with E-state index in [2.05, 4.69) is 10.2 Å². The molecule has 3 N–H and O–H groups in total. The molecule has 0 fully saturated rings. The van der Waals surface area contributed by atoms with E-state index in [0.29, 0.717) is 22.6 Å². The van der Waals surface area contributed by atoms with Crippen LogP contribution in [0.4, 0.5) is 0 Å². The van der Waals surface area contributed by atoms with Crippen molar-refractivity contribution in [2.45, 2.75) is 44.8 Å². The molecule has 2 aromatic rings. The largest absolute Gasteiger partial charge is 0.497 e. The van der Waals surface area contributed by atoms with E-state index in [9.17, 15) is 14.7 Å². The van der Waals surface area contributed by atoms with E-state index in [1.807, 2.05) is 6.07 Å². The van der Waals surface area contributed by atoms with Gasteiger partial charge in [0.1, 0.15) is 5.75 Å². The van der Waals surface area contributed by atoms with Crippen molar-refractivity contribution < 1.29 is 19.4 Å². The Balaban J connectivity index is 2.20. The van der Waals surface area contributed by atoms with Crippen molar-refractivity contribution in [3.63, 3.8) is 0 Å². The van der Waals surface area contributed by atoms with Crippen LogP contribution in [0, 0.1) is 5.92 Å². The Hall–Kier alpha value is -2.54. The summed E-state index contributed by atoms with van der Waals surface area (Å²) in [5, 5.41) is 16.5. The molecule has 3 rings (SSSR count). The lowest BCUT2D eigenvalue weighted by Gasteiger charge is -2.40. The summed E-state index contributed by atoms with van der Waals surface area (Å²) in [7, 11) is 1.55. The SMILES string of the molecule is COc1cccc([C@@H]2c3c([nH][nH]c3=O)C[C@](C)(O)[C@H]2C(=O)OC(C)C)c1. The van der Waals surface area contributed by atoms with Gasteiger partial charge in [0.25, 0.3) is 5.56 Å². The van der Waals surface area contributed by atoms with Gasteiger partial charge < -0.3 is 19.7 Å². The minimum Gasteiger partial charge on any atom is -0.497 e. The number of nitrogens with one attached hydrogen (secondary N) is 2. The highest BCUT2D eigenvalue weighted by atomic mass is 16.5. The molecule has 1 aromatic heterocycles. The number of fused-ring (bicyclic) bond motifs is 1. The van der Waals surface area contributed by atoms with Gasteiger partial charge in [0, 0.05) is 23.6 Å². The summed E-state index contributed by atoms with van der Waals surface area (Å²) in [6.07, 6.45) is -0.172. The van der Waals surface area contributed by atoms with Gasteiger partial charge in [-0.1, -0.05) is 12.1 Å². The molecular weight excluding hydrogens is 336 g/mol. The number of esters is 1. The van der Waals surface area contributed by atoms with E-state index in [0.717, 1.165) is 0 Å². The first-order chi connectivity index (χ1) is 12.2. The van der Waals surface area contributed by atoms with Crippen LogP contribution in [0.1, 0.15) is 43.5 Å². The average molecular weight is 360 g/mol. The lowest BCUT2D eigenvalue weighted by molar-refractivity contribution is -0.163. The Labute approximate surface area is 151 Å². The standard InChI is InChI=1S/C19H24N2O5/c1-10(2)26-18(23)16-14(11-6-5-7-12(8-11)25-4)15-13(9-19(16,3)24)20-21-17(15)22/h5-8,10,14,16,24H,9H2,1-4H3,(H2,20,21,22)/t14-,16-,19+/m1/s1. The average Bonchev–Trinajstić information content (AvgIpc) is 2.92. The predicted octanol–water partition coefficient (Wildman–Crippen LogP) is 1.72. The number of carbonyl (C=O) groups is 1. The zero-order valence-corrected chi connectivity index (χ0v) is 15.3.